The molecule has 1 heterocycles. The van der Waals surface area contributed by atoms with Crippen molar-refractivity contribution in [2.75, 3.05) is 0 Å². The second kappa shape index (κ2) is 6.59. The smallest absolute Gasteiger partial charge is 0.226 e. The van der Waals surface area contributed by atoms with Crippen LogP contribution in [0.25, 0.3) is 22.3 Å². The molecule has 2 heteroatoms. The van der Waals surface area contributed by atoms with Crippen LogP contribution in [0, 0.1) is 33.6 Å². The van der Waals surface area contributed by atoms with Gasteiger partial charge in [0.2, 0.25) is 0 Å². The fourth-order valence-corrected chi connectivity index (χ4v) is 3.81. The van der Waals surface area contributed by atoms with E-state index < -0.39 is 0 Å². The van der Waals surface area contributed by atoms with Crippen molar-refractivity contribution in [3.8, 4) is 11.4 Å². The zero-order valence-corrected chi connectivity index (χ0v) is 16.6. The molecule has 0 saturated carbocycles. The van der Waals surface area contributed by atoms with Crippen molar-refractivity contribution in [2.24, 2.45) is 13.0 Å². The van der Waals surface area contributed by atoms with Crippen LogP contribution < -0.4 is 4.57 Å². The van der Waals surface area contributed by atoms with Crippen molar-refractivity contribution < 1.29 is 4.57 Å². The molecule has 3 rings (SSSR count). The Hall–Kier alpha value is -2.22. The summed E-state index contributed by atoms with van der Waals surface area (Å²) in [7, 11) is 2.14. The maximum Gasteiger partial charge on any atom is 0.331 e. The van der Waals surface area contributed by atoms with E-state index in [4.69, 9.17) is 4.98 Å². The minimum atomic E-state index is 0.636. The maximum atomic E-state index is 5.05. The van der Waals surface area contributed by atoms with Gasteiger partial charge in [0.05, 0.1) is 18.0 Å². The highest BCUT2D eigenvalue weighted by Crippen LogP contribution is 2.28. The predicted molar refractivity (Wildman–Crippen MR) is 106 cm³/mol. The SMILES string of the molecule is Cc1cc(C)c(C)c(-c2nc(C)c3c(CC(C)C)cccc3[n+]2C)c1. The average Bonchev–Trinajstić information content (AvgIpc) is 2.53. The topological polar surface area (TPSA) is 16.8 Å². The Bertz CT molecular complexity index is 952. The zero-order valence-electron chi connectivity index (χ0n) is 16.6. The van der Waals surface area contributed by atoms with Crippen molar-refractivity contribution >= 4 is 10.9 Å². The van der Waals surface area contributed by atoms with Crippen LogP contribution in [0.4, 0.5) is 0 Å². The first kappa shape index (κ1) is 17.6. The summed E-state index contributed by atoms with van der Waals surface area (Å²) >= 11 is 0. The second-order valence-electron chi connectivity index (χ2n) is 7.74. The Balaban J connectivity index is 2.32. The third-order valence-corrected chi connectivity index (χ3v) is 5.12. The number of rotatable bonds is 3. The molecule has 0 aliphatic heterocycles. The van der Waals surface area contributed by atoms with E-state index >= 15 is 0 Å². The van der Waals surface area contributed by atoms with Gasteiger partial charge in [-0.25, -0.2) is 4.57 Å². The summed E-state index contributed by atoms with van der Waals surface area (Å²) in [5, 5.41) is 1.31. The van der Waals surface area contributed by atoms with E-state index in [-0.39, 0.29) is 0 Å². The summed E-state index contributed by atoms with van der Waals surface area (Å²) in [5.41, 5.74) is 8.94. The molecule has 0 spiro atoms. The van der Waals surface area contributed by atoms with Gasteiger partial charge >= 0.3 is 5.82 Å². The van der Waals surface area contributed by atoms with Crippen LogP contribution in [-0.4, -0.2) is 4.98 Å². The molecule has 0 amide bonds. The lowest BCUT2D eigenvalue weighted by molar-refractivity contribution is -0.636. The summed E-state index contributed by atoms with van der Waals surface area (Å²) in [5.74, 6) is 1.69. The Labute approximate surface area is 151 Å². The van der Waals surface area contributed by atoms with Crippen molar-refractivity contribution in [2.45, 2.75) is 48.0 Å². The summed E-state index contributed by atoms with van der Waals surface area (Å²) in [6.45, 7) is 13.2. The number of nitrogens with zero attached hydrogens (tertiary/aromatic N) is 2. The average molecular weight is 333 g/mol. The lowest BCUT2D eigenvalue weighted by Crippen LogP contribution is -2.34. The van der Waals surface area contributed by atoms with Crippen LogP contribution in [-0.2, 0) is 13.5 Å². The van der Waals surface area contributed by atoms with E-state index in [1.165, 1.54) is 38.7 Å². The van der Waals surface area contributed by atoms with Gasteiger partial charge in [-0.05, 0) is 72.5 Å². The van der Waals surface area contributed by atoms with Crippen LogP contribution in [0.15, 0.2) is 30.3 Å². The first-order valence-corrected chi connectivity index (χ1v) is 9.16. The lowest BCUT2D eigenvalue weighted by Gasteiger charge is -2.13. The Kier molecular flexibility index (Phi) is 4.64. The van der Waals surface area contributed by atoms with E-state index in [0.29, 0.717) is 5.92 Å². The van der Waals surface area contributed by atoms with E-state index in [1.807, 2.05) is 0 Å². The third kappa shape index (κ3) is 3.18. The molecule has 0 aliphatic rings. The lowest BCUT2D eigenvalue weighted by atomic mass is 9.96. The molecule has 1 aromatic heterocycles. The van der Waals surface area contributed by atoms with Crippen LogP contribution in [0.1, 0.15) is 41.8 Å². The Morgan fingerprint density at radius 3 is 2.44 bits per heavy atom. The number of benzene rings is 2. The minimum absolute atomic E-state index is 0.636. The first-order valence-electron chi connectivity index (χ1n) is 9.16. The highest BCUT2D eigenvalue weighted by Gasteiger charge is 2.23. The normalized spacial score (nSPS) is 11.5. The molecule has 0 saturated heterocycles. The van der Waals surface area contributed by atoms with Crippen molar-refractivity contribution in [1.82, 2.24) is 4.98 Å². The second-order valence-corrected chi connectivity index (χ2v) is 7.74. The molecule has 25 heavy (non-hydrogen) atoms. The highest BCUT2D eigenvalue weighted by molar-refractivity contribution is 5.83. The molecular formula is C23H29N2+. The molecule has 2 nitrogen and oxygen atoms in total. The van der Waals surface area contributed by atoms with Crippen LogP contribution >= 0.6 is 0 Å². The zero-order chi connectivity index (χ0) is 18.3. The molecule has 0 unspecified atom stereocenters. The number of fused-ring (bicyclic) bond motifs is 1. The van der Waals surface area contributed by atoms with Gasteiger partial charge in [-0.15, -0.1) is 0 Å². The molecule has 0 N–H and O–H groups in total. The van der Waals surface area contributed by atoms with Gasteiger partial charge in [-0.3, -0.25) is 0 Å². The van der Waals surface area contributed by atoms with Gasteiger partial charge in [-0.2, -0.15) is 0 Å². The molecule has 3 aromatic rings. The number of aryl methyl sites for hydroxylation is 4. The molecular weight excluding hydrogens is 304 g/mol. The molecule has 0 bridgehead atoms. The van der Waals surface area contributed by atoms with Gasteiger partial charge < -0.3 is 0 Å². The summed E-state index contributed by atoms with van der Waals surface area (Å²) < 4.78 is 2.26. The van der Waals surface area contributed by atoms with Crippen LogP contribution in [0.5, 0.6) is 0 Å². The van der Waals surface area contributed by atoms with E-state index in [1.54, 1.807) is 0 Å². The van der Waals surface area contributed by atoms with Gasteiger partial charge in [0.25, 0.3) is 0 Å². The largest absolute Gasteiger partial charge is 0.331 e. The molecule has 0 radical (unpaired) electrons. The number of hydrogen-bond acceptors (Lipinski definition) is 1. The predicted octanol–water partition coefficient (Wildman–Crippen LogP) is 5.16. The summed E-state index contributed by atoms with van der Waals surface area (Å²) in [6, 6.07) is 11.1. The van der Waals surface area contributed by atoms with Gasteiger partial charge in [0.15, 0.2) is 5.69 Å². The van der Waals surface area contributed by atoms with Crippen LogP contribution in [0.2, 0.25) is 0 Å². The summed E-state index contributed by atoms with van der Waals surface area (Å²) in [6.07, 6.45) is 1.09. The molecule has 2 aromatic carbocycles. The fourth-order valence-electron chi connectivity index (χ4n) is 3.81. The molecule has 130 valence electrons. The van der Waals surface area contributed by atoms with Crippen LogP contribution in [0.3, 0.4) is 0 Å². The molecule has 0 fully saturated rings. The van der Waals surface area contributed by atoms with Gasteiger partial charge in [-0.1, -0.05) is 32.0 Å². The third-order valence-electron chi connectivity index (χ3n) is 5.12. The molecule has 0 aliphatic carbocycles. The van der Waals surface area contributed by atoms with Gasteiger partial charge in [0, 0.05) is 6.92 Å². The number of aromatic nitrogens is 2. The fraction of sp³-hybridized carbons (Fsp3) is 0.391. The minimum Gasteiger partial charge on any atom is -0.226 e. The van der Waals surface area contributed by atoms with E-state index in [0.717, 1.165) is 17.9 Å². The van der Waals surface area contributed by atoms with Crippen molar-refractivity contribution in [3.05, 3.63) is 58.3 Å². The number of hydrogen-bond donors (Lipinski definition) is 0. The Morgan fingerprint density at radius 1 is 1.04 bits per heavy atom. The van der Waals surface area contributed by atoms with E-state index in [9.17, 15) is 0 Å². The van der Waals surface area contributed by atoms with Crippen molar-refractivity contribution in [1.29, 1.82) is 0 Å². The quantitative estimate of drug-likeness (QED) is 0.605. The molecule has 0 atom stereocenters. The summed E-state index contributed by atoms with van der Waals surface area (Å²) in [4.78, 5) is 5.05. The highest BCUT2D eigenvalue weighted by atomic mass is 15.0. The standard InChI is InChI=1S/C23H29N2/c1-14(2)11-19-9-8-10-21-22(19)18(6)24-23(25(21)7)20-13-15(3)12-16(4)17(20)5/h8-10,12-14H,11H2,1-7H3/q+1. The Morgan fingerprint density at radius 2 is 1.76 bits per heavy atom. The first-order chi connectivity index (χ1) is 11.8. The van der Waals surface area contributed by atoms with Gasteiger partial charge in [0.1, 0.15) is 5.52 Å². The monoisotopic (exact) mass is 333 g/mol. The van der Waals surface area contributed by atoms with E-state index in [2.05, 4.69) is 83.5 Å². The maximum absolute atomic E-state index is 5.05. The van der Waals surface area contributed by atoms with Crippen molar-refractivity contribution in [3.63, 3.8) is 0 Å².